The number of carboxylic acids is 1. The summed E-state index contributed by atoms with van der Waals surface area (Å²) in [7, 11) is -0.765. The van der Waals surface area contributed by atoms with Gasteiger partial charge in [0.15, 0.2) is 0 Å². The molecule has 1 amide bonds. The van der Waals surface area contributed by atoms with Crippen LogP contribution in [-0.2, 0) is 19.6 Å². The lowest BCUT2D eigenvalue weighted by atomic mass is 9.82. The topological polar surface area (TPSA) is 104 Å². The molecule has 0 bridgehead atoms. The first-order valence-electron chi connectivity index (χ1n) is 7.86. The Labute approximate surface area is 147 Å². The maximum absolute atomic E-state index is 12.6. The third kappa shape index (κ3) is 4.08. The molecular weight excluding hydrogens is 344 g/mol. The van der Waals surface area contributed by atoms with Crippen LogP contribution in [0.15, 0.2) is 35.2 Å². The van der Waals surface area contributed by atoms with Crippen molar-refractivity contribution in [3.63, 3.8) is 0 Å². The van der Waals surface area contributed by atoms with Gasteiger partial charge in [0.1, 0.15) is 0 Å². The Morgan fingerprint density at radius 3 is 2.32 bits per heavy atom. The first-order valence-corrected chi connectivity index (χ1v) is 9.30. The second-order valence-corrected chi connectivity index (χ2v) is 8.40. The van der Waals surface area contributed by atoms with E-state index >= 15 is 0 Å². The van der Waals surface area contributed by atoms with E-state index in [0.29, 0.717) is 24.1 Å². The van der Waals surface area contributed by atoms with E-state index in [0.717, 1.165) is 4.31 Å². The monoisotopic (exact) mass is 366 g/mol. The van der Waals surface area contributed by atoms with Gasteiger partial charge in [-0.05, 0) is 37.5 Å². The smallest absolute Gasteiger partial charge is 0.307 e. The molecule has 1 aromatic rings. The molecule has 0 spiro atoms. The first kappa shape index (κ1) is 19.1. The number of hydrogen-bond donors (Lipinski definition) is 2. The van der Waals surface area contributed by atoms with Crippen molar-refractivity contribution < 1.29 is 23.1 Å². The van der Waals surface area contributed by atoms with Crippen LogP contribution < -0.4 is 5.32 Å². The number of rotatable bonds is 5. The molecule has 2 rings (SSSR count). The first-order chi connectivity index (χ1) is 11.6. The molecule has 0 heterocycles. The van der Waals surface area contributed by atoms with Crippen LogP contribution in [0.25, 0.3) is 0 Å². The van der Waals surface area contributed by atoms with E-state index in [1.165, 1.54) is 26.2 Å². The highest BCUT2D eigenvalue weighted by molar-refractivity contribution is 7.89. The predicted molar refractivity (Wildman–Crippen MR) is 93.7 cm³/mol. The van der Waals surface area contributed by atoms with E-state index in [-0.39, 0.29) is 4.90 Å². The minimum absolute atomic E-state index is 0.0664. The zero-order valence-electron chi connectivity index (χ0n) is 14.4. The molecule has 2 unspecified atom stereocenters. The van der Waals surface area contributed by atoms with Crippen molar-refractivity contribution in [2.45, 2.75) is 24.7 Å². The van der Waals surface area contributed by atoms with Crippen molar-refractivity contribution in [2.75, 3.05) is 19.4 Å². The van der Waals surface area contributed by atoms with Crippen molar-refractivity contribution in [2.24, 2.45) is 11.8 Å². The van der Waals surface area contributed by atoms with E-state index in [1.807, 2.05) is 0 Å². The summed E-state index contributed by atoms with van der Waals surface area (Å²) in [5.74, 6) is -2.89. The lowest BCUT2D eigenvalue weighted by Crippen LogP contribution is -2.35. The zero-order valence-corrected chi connectivity index (χ0v) is 15.2. The number of carboxylic acid groups (broad SMARTS) is 1. The van der Waals surface area contributed by atoms with E-state index in [1.54, 1.807) is 25.1 Å². The summed E-state index contributed by atoms with van der Waals surface area (Å²) in [4.78, 5) is 24.0. The normalized spacial score (nSPS) is 20.5. The largest absolute Gasteiger partial charge is 0.481 e. The summed E-state index contributed by atoms with van der Waals surface area (Å²) in [6.45, 7) is 1.75. The highest BCUT2D eigenvalue weighted by atomic mass is 32.2. The highest BCUT2D eigenvalue weighted by Gasteiger charge is 2.34. The number of carbonyl (C=O) groups is 2. The van der Waals surface area contributed by atoms with E-state index in [2.05, 4.69) is 5.32 Å². The molecule has 0 radical (unpaired) electrons. The van der Waals surface area contributed by atoms with Crippen LogP contribution in [0, 0.1) is 18.8 Å². The molecule has 0 aliphatic heterocycles. The molecule has 1 aliphatic carbocycles. The lowest BCUT2D eigenvalue weighted by molar-refractivity contribution is -0.146. The molecule has 8 heteroatoms. The van der Waals surface area contributed by atoms with Crippen molar-refractivity contribution in [3.05, 3.63) is 35.9 Å². The molecule has 7 nitrogen and oxygen atoms in total. The van der Waals surface area contributed by atoms with Gasteiger partial charge in [-0.3, -0.25) is 9.59 Å². The number of sulfonamides is 1. The minimum atomic E-state index is -3.62. The SMILES string of the molecule is Cc1ccc(S(=O)(=O)N(C)C)cc1NC(=O)C1CC=CCC1C(=O)O. The number of carbonyl (C=O) groups excluding carboxylic acids is 1. The third-order valence-corrected chi connectivity index (χ3v) is 6.14. The molecule has 0 saturated carbocycles. The summed E-state index contributed by atoms with van der Waals surface area (Å²) in [5.41, 5.74) is 1.07. The van der Waals surface area contributed by atoms with Gasteiger partial charge in [0.2, 0.25) is 15.9 Å². The molecule has 136 valence electrons. The fraction of sp³-hybridized carbons (Fsp3) is 0.412. The van der Waals surface area contributed by atoms with E-state index < -0.39 is 33.7 Å². The number of amides is 1. The summed E-state index contributed by atoms with van der Waals surface area (Å²) in [6.07, 6.45) is 4.21. The Hall–Kier alpha value is -2.19. The van der Waals surface area contributed by atoms with Crippen molar-refractivity contribution in [3.8, 4) is 0 Å². The van der Waals surface area contributed by atoms with Crippen LogP contribution >= 0.6 is 0 Å². The molecule has 1 aromatic carbocycles. The second kappa shape index (κ2) is 7.37. The third-order valence-electron chi connectivity index (χ3n) is 4.33. The molecule has 0 saturated heterocycles. The van der Waals surface area contributed by atoms with Gasteiger partial charge in [0.05, 0.1) is 16.7 Å². The Bertz CT molecular complexity index is 814. The molecule has 0 fully saturated rings. The minimum Gasteiger partial charge on any atom is -0.481 e. The second-order valence-electron chi connectivity index (χ2n) is 6.25. The van der Waals surface area contributed by atoms with Gasteiger partial charge in [0.25, 0.3) is 0 Å². The summed E-state index contributed by atoms with van der Waals surface area (Å²) < 4.78 is 25.6. The fourth-order valence-electron chi connectivity index (χ4n) is 2.71. The van der Waals surface area contributed by atoms with Gasteiger partial charge in [-0.1, -0.05) is 18.2 Å². The molecule has 0 aromatic heterocycles. The number of aliphatic carboxylic acids is 1. The van der Waals surface area contributed by atoms with E-state index in [9.17, 15) is 23.1 Å². The van der Waals surface area contributed by atoms with Crippen molar-refractivity contribution in [1.29, 1.82) is 0 Å². The van der Waals surface area contributed by atoms with E-state index in [4.69, 9.17) is 0 Å². The van der Waals surface area contributed by atoms with Crippen LogP contribution in [0.3, 0.4) is 0 Å². The summed E-state index contributed by atoms with van der Waals surface area (Å²) >= 11 is 0. The van der Waals surface area contributed by atoms with Crippen LogP contribution in [0.4, 0.5) is 5.69 Å². The predicted octanol–water partition coefficient (Wildman–Crippen LogP) is 1.85. The Balaban J connectivity index is 2.29. The molecular formula is C17H22N2O5S. The summed E-state index contributed by atoms with van der Waals surface area (Å²) in [6, 6.07) is 4.49. The Morgan fingerprint density at radius 2 is 1.76 bits per heavy atom. The number of benzene rings is 1. The fourth-order valence-corrected chi connectivity index (χ4v) is 3.64. The lowest BCUT2D eigenvalue weighted by Gasteiger charge is -2.24. The van der Waals surface area contributed by atoms with Crippen LogP contribution in [0.1, 0.15) is 18.4 Å². The van der Waals surface area contributed by atoms with Gasteiger partial charge in [-0.25, -0.2) is 12.7 Å². The molecule has 1 aliphatic rings. The highest BCUT2D eigenvalue weighted by Crippen LogP contribution is 2.28. The number of hydrogen-bond acceptors (Lipinski definition) is 4. The van der Waals surface area contributed by atoms with Gasteiger partial charge in [-0.15, -0.1) is 0 Å². The van der Waals surface area contributed by atoms with Gasteiger partial charge >= 0.3 is 5.97 Å². The molecule has 2 N–H and O–H groups in total. The van der Waals surface area contributed by atoms with Gasteiger partial charge < -0.3 is 10.4 Å². The maximum Gasteiger partial charge on any atom is 0.307 e. The molecule has 25 heavy (non-hydrogen) atoms. The Kier molecular flexibility index (Phi) is 5.64. The number of anilines is 1. The summed E-state index contributed by atoms with van der Waals surface area (Å²) in [5, 5.41) is 12.0. The average molecular weight is 366 g/mol. The Morgan fingerprint density at radius 1 is 1.16 bits per heavy atom. The van der Waals surface area contributed by atoms with Crippen LogP contribution in [-0.4, -0.2) is 43.8 Å². The number of aryl methyl sites for hydroxylation is 1. The number of allylic oxidation sites excluding steroid dienone is 2. The standard InChI is InChI=1S/C17H22N2O5S/c1-11-8-9-12(25(23,24)19(2)3)10-15(11)18-16(20)13-6-4-5-7-14(13)17(21)22/h4-5,8-10,13-14H,6-7H2,1-3H3,(H,18,20)(H,21,22). The van der Waals surface area contributed by atoms with Crippen LogP contribution in [0.2, 0.25) is 0 Å². The van der Waals surface area contributed by atoms with Gasteiger partial charge in [0, 0.05) is 19.8 Å². The average Bonchev–Trinajstić information content (AvgIpc) is 2.56. The van der Waals surface area contributed by atoms with Gasteiger partial charge in [-0.2, -0.15) is 0 Å². The quantitative estimate of drug-likeness (QED) is 0.774. The van der Waals surface area contributed by atoms with Crippen molar-refractivity contribution in [1.82, 2.24) is 4.31 Å². The number of nitrogens with one attached hydrogen (secondary N) is 1. The van der Waals surface area contributed by atoms with Crippen LogP contribution in [0.5, 0.6) is 0 Å². The zero-order chi connectivity index (χ0) is 18.8. The molecule has 2 atom stereocenters. The van der Waals surface area contributed by atoms with Crippen molar-refractivity contribution >= 4 is 27.6 Å². The number of nitrogens with zero attached hydrogens (tertiary/aromatic N) is 1. The maximum atomic E-state index is 12.6.